The summed E-state index contributed by atoms with van der Waals surface area (Å²) in [5, 5.41) is 21.7. The van der Waals surface area contributed by atoms with Crippen molar-refractivity contribution in [1.29, 1.82) is 0 Å². The first-order valence-corrected chi connectivity index (χ1v) is 13.4. The van der Waals surface area contributed by atoms with Crippen molar-refractivity contribution in [3.63, 3.8) is 0 Å². The zero-order valence-electron chi connectivity index (χ0n) is 20.2. The number of benzene rings is 1. The minimum atomic E-state index is -3.41. The minimum absolute atomic E-state index is 0.151. The molecule has 0 bridgehead atoms. The van der Waals surface area contributed by atoms with Crippen LogP contribution in [0.25, 0.3) is 0 Å². The highest BCUT2D eigenvalue weighted by Gasteiger charge is 2.52. The average molecular weight is 502 g/mol. The highest BCUT2D eigenvalue weighted by molar-refractivity contribution is 7.90. The molecule has 4 rings (SSSR count). The van der Waals surface area contributed by atoms with Gasteiger partial charge >= 0.3 is 6.09 Å². The quantitative estimate of drug-likeness (QED) is 0.404. The molecule has 1 aliphatic heterocycles. The van der Waals surface area contributed by atoms with Gasteiger partial charge in [-0.25, -0.2) is 18.2 Å². The summed E-state index contributed by atoms with van der Waals surface area (Å²) in [7, 11) is -3.41. The number of hydrogen-bond acceptors (Lipinski definition) is 7. The molecule has 2 heterocycles. The van der Waals surface area contributed by atoms with E-state index in [0.29, 0.717) is 35.9 Å². The Bertz CT molecular complexity index is 1290. The molecule has 2 aliphatic rings. The van der Waals surface area contributed by atoms with Crippen LogP contribution >= 0.6 is 0 Å². The number of carboxylic acid groups (broad SMARTS) is 1. The van der Waals surface area contributed by atoms with Crippen LogP contribution in [0.15, 0.2) is 35.2 Å². The fraction of sp³-hybridized carbons (Fsp3) is 0.458. The van der Waals surface area contributed by atoms with Gasteiger partial charge in [-0.2, -0.15) is 0 Å². The molecular weight excluding hydrogens is 470 g/mol. The lowest BCUT2D eigenvalue weighted by Crippen LogP contribution is -2.63. The third-order valence-electron chi connectivity index (χ3n) is 6.94. The molecule has 1 saturated carbocycles. The summed E-state index contributed by atoms with van der Waals surface area (Å²) in [6, 6.07) is 7.91. The highest BCUT2D eigenvalue weighted by atomic mass is 32.2. The largest absolute Gasteiger partial charge is 0.465 e. The first kappa shape index (κ1) is 24.8. The van der Waals surface area contributed by atoms with E-state index in [1.54, 1.807) is 18.2 Å². The summed E-state index contributed by atoms with van der Waals surface area (Å²) in [5.41, 5.74) is 0.570. The molecule has 1 aliphatic carbocycles. The number of nitrogens with one attached hydrogen (secondary N) is 4. The second-order valence-electron chi connectivity index (χ2n) is 10.2. The molecule has 2 aromatic rings. The summed E-state index contributed by atoms with van der Waals surface area (Å²) < 4.78 is 24.0. The van der Waals surface area contributed by atoms with Gasteiger partial charge in [-0.3, -0.25) is 4.79 Å². The Hall–Kier alpha value is -3.34. The van der Waals surface area contributed by atoms with Crippen molar-refractivity contribution in [1.82, 2.24) is 15.6 Å². The molecule has 2 unspecified atom stereocenters. The second-order valence-corrected chi connectivity index (χ2v) is 12.3. The zero-order chi connectivity index (χ0) is 25.6. The Balaban J connectivity index is 1.71. The smallest absolute Gasteiger partial charge is 0.405 e. The van der Waals surface area contributed by atoms with Gasteiger partial charge < -0.3 is 26.4 Å². The lowest BCUT2D eigenvalue weighted by Gasteiger charge is -2.46. The van der Waals surface area contributed by atoms with Gasteiger partial charge in [0.1, 0.15) is 11.6 Å². The predicted molar refractivity (Wildman–Crippen MR) is 133 cm³/mol. The van der Waals surface area contributed by atoms with Crippen molar-refractivity contribution < 1.29 is 23.1 Å². The van der Waals surface area contributed by atoms with Gasteiger partial charge in [-0.05, 0) is 54.5 Å². The van der Waals surface area contributed by atoms with E-state index in [0.717, 1.165) is 24.7 Å². The Labute approximate surface area is 204 Å². The van der Waals surface area contributed by atoms with E-state index in [-0.39, 0.29) is 22.3 Å². The predicted octanol–water partition coefficient (Wildman–Crippen LogP) is 3.49. The number of nitrogens with zero attached hydrogens (tertiary/aromatic N) is 1. The zero-order valence-corrected chi connectivity index (χ0v) is 21.0. The van der Waals surface area contributed by atoms with Crippen molar-refractivity contribution in [2.75, 3.05) is 16.9 Å². The number of pyridine rings is 1. The van der Waals surface area contributed by atoms with E-state index in [4.69, 9.17) is 0 Å². The maximum atomic E-state index is 12.5. The number of amides is 2. The fourth-order valence-corrected chi connectivity index (χ4v) is 5.83. The number of anilines is 3. The molecule has 1 aromatic carbocycles. The summed E-state index contributed by atoms with van der Waals surface area (Å²) in [4.78, 5) is 29.0. The normalized spacial score (nSPS) is 21.8. The topological polar surface area (TPSA) is 150 Å². The third kappa shape index (κ3) is 4.77. The van der Waals surface area contributed by atoms with E-state index in [1.165, 1.54) is 12.1 Å². The van der Waals surface area contributed by atoms with E-state index < -0.39 is 21.5 Å². The Morgan fingerprint density at radius 1 is 1.26 bits per heavy atom. The molecule has 0 spiro atoms. The maximum Gasteiger partial charge on any atom is 0.405 e. The van der Waals surface area contributed by atoms with Crippen molar-refractivity contribution >= 4 is 39.2 Å². The van der Waals surface area contributed by atoms with Gasteiger partial charge in [-0.15, -0.1) is 0 Å². The number of fused-ring (bicyclic) bond motifs is 1. The van der Waals surface area contributed by atoms with Crippen LogP contribution in [0.2, 0.25) is 0 Å². The molecule has 1 fully saturated rings. The molecular formula is C24H31N5O5S. The van der Waals surface area contributed by atoms with Gasteiger partial charge in [0.05, 0.1) is 22.0 Å². The van der Waals surface area contributed by atoms with Gasteiger partial charge in [0.25, 0.3) is 5.91 Å². The monoisotopic (exact) mass is 501 g/mol. The summed E-state index contributed by atoms with van der Waals surface area (Å²) >= 11 is 0. The molecule has 11 heteroatoms. The van der Waals surface area contributed by atoms with Crippen molar-refractivity contribution in [3.05, 3.63) is 41.5 Å². The van der Waals surface area contributed by atoms with Crippen LogP contribution in [0.4, 0.5) is 22.1 Å². The van der Waals surface area contributed by atoms with E-state index in [9.17, 15) is 23.1 Å². The van der Waals surface area contributed by atoms with Crippen LogP contribution in [0.3, 0.4) is 0 Å². The first-order chi connectivity index (χ1) is 16.3. The van der Waals surface area contributed by atoms with Crippen LogP contribution in [0.1, 0.15) is 56.0 Å². The van der Waals surface area contributed by atoms with Gasteiger partial charge in [-0.1, -0.05) is 26.8 Å². The highest BCUT2D eigenvalue weighted by Crippen LogP contribution is 2.45. The number of hydrogen-bond donors (Lipinski definition) is 5. The fourth-order valence-electron chi connectivity index (χ4n) is 5.17. The van der Waals surface area contributed by atoms with Crippen molar-refractivity contribution in [2.45, 2.75) is 63.1 Å². The molecule has 1 aromatic heterocycles. The van der Waals surface area contributed by atoms with Gasteiger partial charge in [0.2, 0.25) is 0 Å². The third-order valence-corrected chi connectivity index (χ3v) is 8.05. The molecule has 2 atom stereocenters. The molecule has 35 heavy (non-hydrogen) atoms. The van der Waals surface area contributed by atoms with E-state index in [2.05, 4.69) is 26.3 Å². The van der Waals surface area contributed by atoms with Crippen LogP contribution in [0, 0.1) is 5.41 Å². The second kappa shape index (κ2) is 8.71. The van der Waals surface area contributed by atoms with Gasteiger partial charge in [0.15, 0.2) is 9.84 Å². The van der Waals surface area contributed by atoms with Gasteiger partial charge in [0, 0.05) is 18.5 Å². The SMILES string of the molecule is CC(C)(C)C1(NC(=O)O)CCCC1Nc1cc2c(c(Nc3cccc(S(C)(=O)=O)c3)n1)C(=O)NC2. The summed E-state index contributed by atoms with van der Waals surface area (Å²) in [5.74, 6) is 0.546. The number of carbonyl (C=O) groups is 2. The molecule has 0 radical (unpaired) electrons. The van der Waals surface area contributed by atoms with Crippen molar-refractivity contribution in [3.8, 4) is 0 Å². The molecule has 188 valence electrons. The number of sulfone groups is 1. The molecule has 0 saturated heterocycles. The summed E-state index contributed by atoms with van der Waals surface area (Å²) in [6.45, 7) is 6.39. The van der Waals surface area contributed by atoms with E-state index >= 15 is 0 Å². The molecule has 10 nitrogen and oxygen atoms in total. The van der Waals surface area contributed by atoms with Crippen LogP contribution in [0.5, 0.6) is 0 Å². The Morgan fingerprint density at radius 3 is 2.66 bits per heavy atom. The van der Waals surface area contributed by atoms with Crippen LogP contribution < -0.4 is 21.3 Å². The Kier molecular flexibility index (Phi) is 6.16. The standard InChI is InChI=1S/C24H31N5O5S/c1-23(2,3)24(29-22(31)32)10-6-9-17(24)27-18-11-14-13-25-21(30)19(14)20(28-18)26-15-7-5-8-16(12-15)35(4,33)34/h5,7-8,11-12,17,29H,6,9-10,13H2,1-4H3,(H,25,30)(H,31,32)(H2,26,27,28). The van der Waals surface area contributed by atoms with E-state index in [1.807, 2.05) is 20.8 Å². The number of rotatable bonds is 6. The first-order valence-electron chi connectivity index (χ1n) is 11.5. The molecule has 2 amide bonds. The van der Waals surface area contributed by atoms with Crippen LogP contribution in [-0.2, 0) is 16.4 Å². The number of carbonyl (C=O) groups excluding carboxylic acids is 1. The maximum absolute atomic E-state index is 12.5. The van der Waals surface area contributed by atoms with Crippen molar-refractivity contribution in [2.24, 2.45) is 5.41 Å². The minimum Gasteiger partial charge on any atom is -0.465 e. The molecule has 5 N–H and O–H groups in total. The number of aromatic nitrogens is 1. The lowest BCUT2D eigenvalue weighted by molar-refractivity contribution is 0.0966. The Morgan fingerprint density at radius 2 is 2.00 bits per heavy atom. The average Bonchev–Trinajstić information content (AvgIpc) is 3.31. The summed E-state index contributed by atoms with van der Waals surface area (Å²) in [6.07, 6.45) is 2.36. The lowest BCUT2D eigenvalue weighted by atomic mass is 9.70. The van der Waals surface area contributed by atoms with Crippen LogP contribution in [-0.4, -0.2) is 48.3 Å².